The molecule has 0 saturated carbocycles. The Morgan fingerprint density at radius 2 is 1.52 bits per heavy atom. The van der Waals surface area contributed by atoms with E-state index in [2.05, 4.69) is 103 Å². The van der Waals surface area contributed by atoms with E-state index >= 15 is 0 Å². The number of halogens is 3. The van der Waals surface area contributed by atoms with E-state index < -0.39 is 0 Å². The summed E-state index contributed by atoms with van der Waals surface area (Å²) in [6.07, 6.45) is 2.11. The maximum atomic E-state index is 3.63. The lowest BCUT2D eigenvalue weighted by Gasteiger charge is -2.21. The Kier molecular flexibility index (Phi) is 6.33. The topological polar surface area (TPSA) is 12.0 Å². The van der Waals surface area contributed by atoms with Crippen LogP contribution in [0.15, 0.2) is 49.8 Å². The third-order valence-electron chi connectivity index (χ3n) is 3.52. The molecule has 0 fully saturated rings. The minimum absolute atomic E-state index is 0.296. The molecular formula is C17H18Br3N. The van der Waals surface area contributed by atoms with Crippen LogP contribution in [0.3, 0.4) is 0 Å². The lowest BCUT2D eigenvalue weighted by Crippen LogP contribution is -2.10. The Labute approximate surface area is 151 Å². The van der Waals surface area contributed by atoms with Crippen LogP contribution in [0.1, 0.15) is 37.4 Å². The standard InChI is InChI=1S/C17H18Br3N/c1-3-11-5-7-12(8-6-11)16(4-2)21-17-14(19)9-13(18)10-15(17)20/h5-10,16,21H,3-4H2,1-2H3. The summed E-state index contributed by atoms with van der Waals surface area (Å²) in [5.41, 5.74) is 3.78. The minimum Gasteiger partial charge on any atom is -0.376 e. The molecule has 2 aromatic carbocycles. The molecule has 2 aromatic rings. The zero-order valence-electron chi connectivity index (χ0n) is 12.1. The smallest absolute Gasteiger partial charge is 0.0634 e. The van der Waals surface area contributed by atoms with E-state index in [1.54, 1.807) is 0 Å². The van der Waals surface area contributed by atoms with Crippen molar-refractivity contribution >= 4 is 53.5 Å². The fourth-order valence-electron chi connectivity index (χ4n) is 2.26. The van der Waals surface area contributed by atoms with Crippen LogP contribution >= 0.6 is 47.8 Å². The van der Waals surface area contributed by atoms with Crippen LogP contribution in [0.2, 0.25) is 0 Å². The molecule has 112 valence electrons. The van der Waals surface area contributed by atoms with Crippen molar-refractivity contribution in [3.63, 3.8) is 0 Å². The zero-order valence-corrected chi connectivity index (χ0v) is 16.8. The second-order valence-corrected chi connectivity index (χ2v) is 7.57. The van der Waals surface area contributed by atoms with Gasteiger partial charge in [-0.1, -0.05) is 54.0 Å². The van der Waals surface area contributed by atoms with Crippen LogP contribution in [-0.4, -0.2) is 0 Å². The van der Waals surface area contributed by atoms with Crippen molar-refractivity contribution < 1.29 is 0 Å². The summed E-state index contributed by atoms with van der Waals surface area (Å²) < 4.78 is 3.15. The first-order valence-electron chi connectivity index (χ1n) is 7.05. The highest BCUT2D eigenvalue weighted by Crippen LogP contribution is 2.37. The summed E-state index contributed by atoms with van der Waals surface area (Å²) in [4.78, 5) is 0. The molecule has 4 heteroatoms. The van der Waals surface area contributed by atoms with E-state index in [-0.39, 0.29) is 0 Å². The first-order valence-corrected chi connectivity index (χ1v) is 9.43. The molecule has 1 N–H and O–H groups in total. The average Bonchev–Trinajstić information content (AvgIpc) is 2.47. The monoisotopic (exact) mass is 473 g/mol. The van der Waals surface area contributed by atoms with Gasteiger partial charge in [0.25, 0.3) is 0 Å². The molecule has 0 saturated heterocycles. The van der Waals surface area contributed by atoms with Crippen molar-refractivity contribution in [1.82, 2.24) is 0 Å². The predicted molar refractivity (Wildman–Crippen MR) is 102 cm³/mol. The number of benzene rings is 2. The molecule has 1 atom stereocenters. The van der Waals surface area contributed by atoms with Gasteiger partial charge in [0.2, 0.25) is 0 Å². The summed E-state index contributed by atoms with van der Waals surface area (Å²) in [7, 11) is 0. The van der Waals surface area contributed by atoms with Crippen LogP contribution < -0.4 is 5.32 Å². The molecule has 0 aromatic heterocycles. The van der Waals surface area contributed by atoms with Gasteiger partial charge >= 0.3 is 0 Å². The Balaban J connectivity index is 2.26. The van der Waals surface area contributed by atoms with Crippen molar-refractivity contribution in [1.29, 1.82) is 0 Å². The summed E-state index contributed by atoms with van der Waals surface area (Å²) >= 11 is 10.8. The third-order valence-corrected chi connectivity index (χ3v) is 5.23. The van der Waals surface area contributed by atoms with Crippen LogP contribution in [0, 0.1) is 0 Å². The number of anilines is 1. The predicted octanol–water partition coefficient (Wildman–Crippen LogP) is 7.10. The summed E-state index contributed by atoms with van der Waals surface area (Å²) in [5, 5.41) is 3.63. The van der Waals surface area contributed by atoms with Gasteiger partial charge in [-0.2, -0.15) is 0 Å². The molecule has 0 heterocycles. The highest BCUT2D eigenvalue weighted by atomic mass is 79.9. The maximum absolute atomic E-state index is 3.63. The molecule has 0 aliphatic rings. The number of hydrogen-bond acceptors (Lipinski definition) is 1. The lowest BCUT2D eigenvalue weighted by molar-refractivity contribution is 0.747. The van der Waals surface area contributed by atoms with Crippen LogP contribution in [0.4, 0.5) is 5.69 Å². The minimum atomic E-state index is 0.296. The van der Waals surface area contributed by atoms with Crippen molar-refractivity contribution in [2.75, 3.05) is 5.32 Å². The largest absolute Gasteiger partial charge is 0.376 e. The first kappa shape index (κ1) is 17.0. The highest BCUT2D eigenvalue weighted by Gasteiger charge is 2.13. The number of aryl methyl sites for hydroxylation is 1. The van der Waals surface area contributed by atoms with Crippen molar-refractivity contribution in [3.05, 3.63) is 60.9 Å². The quantitative estimate of drug-likeness (QED) is 0.486. The van der Waals surface area contributed by atoms with Gasteiger partial charge in [0, 0.05) is 13.4 Å². The molecule has 0 amide bonds. The van der Waals surface area contributed by atoms with Gasteiger partial charge in [-0.3, -0.25) is 0 Å². The Bertz CT molecular complexity index is 585. The Hall–Kier alpha value is -0.320. The normalized spacial score (nSPS) is 12.2. The van der Waals surface area contributed by atoms with Crippen LogP contribution in [0.25, 0.3) is 0 Å². The fourth-order valence-corrected chi connectivity index (χ4v) is 4.75. The number of nitrogens with one attached hydrogen (secondary N) is 1. The molecule has 2 rings (SSSR count). The maximum Gasteiger partial charge on any atom is 0.0634 e. The molecule has 0 aliphatic carbocycles. The summed E-state index contributed by atoms with van der Waals surface area (Å²) in [6, 6.07) is 13.3. The first-order chi connectivity index (χ1) is 10.0. The van der Waals surface area contributed by atoms with E-state index in [4.69, 9.17) is 0 Å². The van der Waals surface area contributed by atoms with Crippen molar-refractivity contribution in [3.8, 4) is 0 Å². The average molecular weight is 476 g/mol. The van der Waals surface area contributed by atoms with Crippen LogP contribution in [0.5, 0.6) is 0 Å². The Morgan fingerprint density at radius 1 is 0.952 bits per heavy atom. The fraction of sp³-hybridized carbons (Fsp3) is 0.294. The van der Waals surface area contributed by atoms with Gasteiger partial charge < -0.3 is 5.32 Å². The van der Waals surface area contributed by atoms with E-state index in [1.807, 2.05) is 0 Å². The molecule has 1 unspecified atom stereocenters. The lowest BCUT2D eigenvalue weighted by atomic mass is 10.0. The van der Waals surface area contributed by atoms with E-state index in [9.17, 15) is 0 Å². The molecule has 21 heavy (non-hydrogen) atoms. The van der Waals surface area contributed by atoms with Crippen LogP contribution in [-0.2, 0) is 6.42 Å². The summed E-state index contributed by atoms with van der Waals surface area (Å²) in [6.45, 7) is 4.38. The molecule has 1 nitrogen and oxygen atoms in total. The molecular weight excluding hydrogens is 458 g/mol. The van der Waals surface area contributed by atoms with Gasteiger partial charge in [-0.15, -0.1) is 0 Å². The van der Waals surface area contributed by atoms with Gasteiger partial charge in [0.1, 0.15) is 0 Å². The SMILES string of the molecule is CCc1ccc(C(CC)Nc2c(Br)cc(Br)cc2Br)cc1. The summed E-state index contributed by atoms with van der Waals surface area (Å²) in [5.74, 6) is 0. The molecule has 0 radical (unpaired) electrons. The van der Waals surface area contributed by atoms with Gasteiger partial charge in [-0.25, -0.2) is 0 Å². The molecule has 0 spiro atoms. The second kappa shape index (κ2) is 7.80. The Morgan fingerprint density at radius 3 is 2.00 bits per heavy atom. The van der Waals surface area contributed by atoms with Gasteiger partial charge in [0.05, 0.1) is 11.7 Å². The highest BCUT2D eigenvalue weighted by molar-refractivity contribution is 9.11. The zero-order chi connectivity index (χ0) is 15.4. The van der Waals surface area contributed by atoms with Crippen molar-refractivity contribution in [2.45, 2.75) is 32.7 Å². The molecule has 0 aliphatic heterocycles. The number of rotatable bonds is 5. The van der Waals surface area contributed by atoms with E-state index in [0.717, 1.165) is 31.9 Å². The van der Waals surface area contributed by atoms with Gasteiger partial charge in [0.15, 0.2) is 0 Å². The second-order valence-electron chi connectivity index (χ2n) is 4.94. The molecule has 0 bridgehead atoms. The van der Waals surface area contributed by atoms with E-state index in [0.29, 0.717) is 6.04 Å². The van der Waals surface area contributed by atoms with E-state index in [1.165, 1.54) is 11.1 Å². The number of hydrogen-bond donors (Lipinski definition) is 1. The van der Waals surface area contributed by atoms with Crippen molar-refractivity contribution in [2.24, 2.45) is 0 Å². The third kappa shape index (κ3) is 4.33. The van der Waals surface area contributed by atoms with Gasteiger partial charge in [-0.05, 0) is 68.0 Å².